The largest absolute Gasteiger partial charge is 0.465 e. The van der Waals surface area contributed by atoms with E-state index in [-0.39, 0.29) is 0 Å². The third-order valence-corrected chi connectivity index (χ3v) is 4.89. The van der Waals surface area contributed by atoms with Gasteiger partial charge in [-0.2, -0.15) is 0 Å². The van der Waals surface area contributed by atoms with Crippen LogP contribution in [0.2, 0.25) is 0 Å². The van der Waals surface area contributed by atoms with Crippen molar-refractivity contribution < 1.29 is 9.90 Å². The van der Waals surface area contributed by atoms with E-state index >= 15 is 0 Å². The van der Waals surface area contributed by atoms with Crippen LogP contribution in [-0.2, 0) is 5.54 Å². The second-order valence-corrected chi connectivity index (χ2v) is 6.76. The van der Waals surface area contributed by atoms with Gasteiger partial charge in [-0.25, -0.2) is 4.79 Å². The fraction of sp³-hybridized carbons (Fsp3) is 0.208. The highest BCUT2D eigenvalue weighted by atomic mass is 16.4. The maximum Gasteiger partial charge on any atom is 0.404 e. The molecule has 3 aromatic rings. The van der Waals surface area contributed by atoms with Crippen LogP contribution in [0.4, 0.5) is 4.79 Å². The van der Waals surface area contributed by atoms with E-state index in [2.05, 4.69) is 88.7 Å². The van der Waals surface area contributed by atoms with E-state index in [9.17, 15) is 4.79 Å². The second kappa shape index (κ2) is 10.4. The lowest BCUT2D eigenvalue weighted by molar-refractivity contribution is 0.194. The molecule has 0 aromatic heterocycles. The number of nitrogens with one attached hydrogen (secondary N) is 3. The van der Waals surface area contributed by atoms with Crippen LogP contribution in [0.1, 0.15) is 16.7 Å². The first kappa shape index (κ1) is 20.6. The van der Waals surface area contributed by atoms with E-state index in [1.54, 1.807) is 0 Å². The van der Waals surface area contributed by atoms with Crippen molar-refractivity contribution in [2.75, 3.05) is 26.2 Å². The summed E-state index contributed by atoms with van der Waals surface area (Å²) in [7, 11) is 0. The van der Waals surface area contributed by atoms with E-state index in [0.717, 1.165) is 6.54 Å². The van der Waals surface area contributed by atoms with Gasteiger partial charge in [-0.15, -0.1) is 0 Å². The van der Waals surface area contributed by atoms with Gasteiger partial charge in [-0.3, -0.25) is 5.32 Å². The molecule has 29 heavy (non-hydrogen) atoms. The number of hydrogen-bond donors (Lipinski definition) is 4. The first-order valence-electron chi connectivity index (χ1n) is 9.82. The molecule has 0 heterocycles. The number of rotatable bonds is 10. The van der Waals surface area contributed by atoms with Crippen LogP contribution >= 0.6 is 0 Å². The molecule has 5 nitrogen and oxygen atoms in total. The van der Waals surface area contributed by atoms with Gasteiger partial charge in [0.1, 0.15) is 0 Å². The Hall–Kier alpha value is -3.15. The molecule has 3 aromatic carbocycles. The van der Waals surface area contributed by atoms with Gasteiger partial charge in [0.05, 0.1) is 5.54 Å². The van der Waals surface area contributed by atoms with Crippen molar-refractivity contribution in [3.05, 3.63) is 108 Å². The van der Waals surface area contributed by atoms with Crippen LogP contribution in [0.25, 0.3) is 0 Å². The first-order valence-corrected chi connectivity index (χ1v) is 9.82. The van der Waals surface area contributed by atoms with Crippen molar-refractivity contribution in [1.29, 1.82) is 0 Å². The van der Waals surface area contributed by atoms with Crippen molar-refractivity contribution in [2.24, 2.45) is 0 Å². The third-order valence-electron chi connectivity index (χ3n) is 4.89. The van der Waals surface area contributed by atoms with E-state index in [1.807, 2.05) is 18.2 Å². The first-order chi connectivity index (χ1) is 14.2. The maximum absolute atomic E-state index is 10.5. The molecule has 1 amide bonds. The van der Waals surface area contributed by atoms with Crippen LogP contribution in [0.3, 0.4) is 0 Å². The van der Waals surface area contributed by atoms with Gasteiger partial charge in [0.15, 0.2) is 0 Å². The summed E-state index contributed by atoms with van der Waals surface area (Å²) in [5.41, 5.74) is 3.03. The molecule has 0 aliphatic heterocycles. The lowest BCUT2D eigenvalue weighted by Crippen LogP contribution is -2.47. The van der Waals surface area contributed by atoms with Crippen molar-refractivity contribution in [1.82, 2.24) is 16.0 Å². The normalized spacial score (nSPS) is 11.2. The Bertz CT molecular complexity index is 774. The van der Waals surface area contributed by atoms with Crippen LogP contribution in [0, 0.1) is 0 Å². The molecule has 0 aliphatic rings. The summed E-state index contributed by atoms with van der Waals surface area (Å²) in [6, 6.07) is 31.4. The lowest BCUT2D eigenvalue weighted by Gasteiger charge is -2.37. The highest BCUT2D eigenvalue weighted by Gasteiger charge is 2.35. The quantitative estimate of drug-likeness (QED) is 0.317. The average molecular weight is 389 g/mol. The van der Waals surface area contributed by atoms with E-state index in [1.165, 1.54) is 16.7 Å². The molecule has 150 valence electrons. The van der Waals surface area contributed by atoms with E-state index in [4.69, 9.17) is 5.11 Å². The lowest BCUT2D eigenvalue weighted by atomic mass is 9.77. The van der Waals surface area contributed by atoms with Gasteiger partial charge in [0.2, 0.25) is 0 Å². The molecule has 0 atom stereocenters. The van der Waals surface area contributed by atoms with Crippen molar-refractivity contribution in [3.8, 4) is 0 Å². The Balaban J connectivity index is 1.86. The zero-order chi connectivity index (χ0) is 20.4. The molecule has 0 spiro atoms. The molecule has 0 bridgehead atoms. The molecule has 0 aliphatic carbocycles. The summed E-state index contributed by atoms with van der Waals surface area (Å²) < 4.78 is 0. The minimum Gasteiger partial charge on any atom is -0.465 e. The molecule has 0 fully saturated rings. The fourth-order valence-electron chi connectivity index (χ4n) is 3.59. The highest BCUT2D eigenvalue weighted by Crippen LogP contribution is 2.36. The smallest absolute Gasteiger partial charge is 0.404 e. The molecule has 0 radical (unpaired) electrons. The summed E-state index contributed by atoms with van der Waals surface area (Å²) in [5, 5.41) is 18.1. The Morgan fingerprint density at radius 2 is 1.07 bits per heavy atom. The van der Waals surface area contributed by atoms with Gasteiger partial charge in [0.25, 0.3) is 0 Å². The Kier molecular flexibility index (Phi) is 7.39. The average Bonchev–Trinajstić information content (AvgIpc) is 2.77. The maximum atomic E-state index is 10.5. The zero-order valence-corrected chi connectivity index (χ0v) is 16.3. The van der Waals surface area contributed by atoms with E-state index in [0.29, 0.717) is 19.6 Å². The van der Waals surface area contributed by atoms with Gasteiger partial charge in [-0.1, -0.05) is 91.0 Å². The molecule has 4 N–H and O–H groups in total. The second-order valence-electron chi connectivity index (χ2n) is 6.76. The number of hydrogen-bond acceptors (Lipinski definition) is 3. The predicted molar refractivity (Wildman–Crippen MR) is 116 cm³/mol. The predicted octanol–water partition coefficient (Wildman–Crippen LogP) is 3.43. The summed E-state index contributed by atoms with van der Waals surface area (Å²) in [6.45, 7) is 2.40. The van der Waals surface area contributed by atoms with Gasteiger partial charge in [0, 0.05) is 26.2 Å². The Morgan fingerprint density at radius 1 is 0.655 bits per heavy atom. The minimum atomic E-state index is -0.999. The van der Waals surface area contributed by atoms with E-state index < -0.39 is 11.6 Å². The van der Waals surface area contributed by atoms with Crippen LogP contribution < -0.4 is 16.0 Å². The number of carboxylic acid groups (broad SMARTS) is 1. The molecular formula is C24H27N3O2. The third kappa shape index (κ3) is 5.22. The van der Waals surface area contributed by atoms with Gasteiger partial charge >= 0.3 is 6.09 Å². The summed E-state index contributed by atoms with van der Waals surface area (Å²) in [5.74, 6) is 0. The fourth-order valence-corrected chi connectivity index (χ4v) is 3.59. The monoisotopic (exact) mass is 389 g/mol. The number of carbonyl (C=O) groups is 1. The minimum absolute atomic E-state index is 0.385. The molecule has 5 heteroatoms. The standard InChI is InChI=1S/C24H27N3O2/c28-23(29)26-18-16-25-17-19-27-24(20-10-4-1-5-11-20,21-12-6-2-7-13-21)22-14-8-3-9-15-22/h1-15,25-27H,16-19H2,(H,28,29). The van der Waals surface area contributed by atoms with Crippen LogP contribution in [-0.4, -0.2) is 37.4 Å². The number of amides is 1. The zero-order valence-electron chi connectivity index (χ0n) is 16.3. The van der Waals surface area contributed by atoms with Gasteiger partial charge in [-0.05, 0) is 16.7 Å². The topological polar surface area (TPSA) is 73.4 Å². The SMILES string of the molecule is O=C(O)NCCNCCNC(c1ccccc1)(c1ccccc1)c1ccccc1. The van der Waals surface area contributed by atoms with Gasteiger partial charge < -0.3 is 15.7 Å². The molecule has 0 saturated carbocycles. The Morgan fingerprint density at radius 3 is 1.48 bits per heavy atom. The van der Waals surface area contributed by atoms with Crippen molar-refractivity contribution >= 4 is 6.09 Å². The van der Waals surface area contributed by atoms with Crippen molar-refractivity contribution in [3.63, 3.8) is 0 Å². The summed E-state index contributed by atoms with van der Waals surface area (Å²) in [4.78, 5) is 10.5. The molecule has 0 saturated heterocycles. The number of benzene rings is 3. The van der Waals surface area contributed by atoms with Crippen molar-refractivity contribution in [2.45, 2.75) is 5.54 Å². The summed E-state index contributed by atoms with van der Waals surface area (Å²) in [6.07, 6.45) is -0.999. The molecular weight excluding hydrogens is 362 g/mol. The highest BCUT2D eigenvalue weighted by molar-refractivity contribution is 5.64. The van der Waals surface area contributed by atoms with Crippen LogP contribution in [0.15, 0.2) is 91.0 Å². The molecule has 3 rings (SSSR count). The summed E-state index contributed by atoms with van der Waals surface area (Å²) >= 11 is 0. The van der Waals surface area contributed by atoms with Crippen LogP contribution in [0.5, 0.6) is 0 Å². The Labute approximate surface area is 171 Å². The molecule has 0 unspecified atom stereocenters.